The van der Waals surface area contributed by atoms with Crippen LogP contribution in [0.25, 0.3) is 0 Å². The Balaban J connectivity index is 1.52. The van der Waals surface area contributed by atoms with Gasteiger partial charge >= 0.3 is 5.97 Å². The molecule has 0 spiro atoms. The van der Waals surface area contributed by atoms with Crippen LogP contribution in [-0.4, -0.2) is 95.9 Å². The van der Waals surface area contributed by atoms with Crippen molar-refractivity contribution in [2.24, 2.45) is 0 Å². The number of hydrogen-bond donors (Lipinski definition) is 2. The molecular weight excluding hydrogens is 516 g/mol. The number of carbonyl (C=O) groups is 3. The smallest absolute Gasteiger partial charge is 0.330 e. The van der Waals surface area contributed by atoms with Gasteiger partial charge in [0.25, 0.3) is 11.8 Å². The van der Waals surface area contributed by atoms with Crippen molar-refractivity contribution < 1.29 is 33.0 Å². The minimum Gasteiger partial charge on any atom is -0.467 e. The number of anilines is 1. The van der Waals surface area contributed by atoms with E-state index >= 15 is 0 Å². The van der Waals surface area contributed by atoms with E-state index in [-0.39, 0.29) is 35.9 Å². The number of thiazole rings is 1. The normalized spacial score (nSPS) is 20.3. The molecule has 0 aliphatic carbocycles. The number of piperidine rings is 1. The minimum absolute atomic E-state index is 0.0319. The highest BCUT2D eigenvalue weighted by Gasteiger charge is 2.38. The topological polar surface area (TPSA) is 128 Å². The Kier molecular flexibility index (Phi) is 10.1. The van der Waals surface area contributed by atoms with Gasteiger partial charge in [-0.15, -0.1) is 11.3 Å². The lowest BCUT2D eigenvalue weighted by atomic mass is 10.1. The fourth-order valence-corrected chi connectivity index (χ4v) is 5.59. The highest BCUT2D eigenvalue weighted by Crippen LogP contribution is 2.36. The summed E-state index contributed by atoms with van der Waals surface area (Å²) in [5, 5.41) is 8.15. The van der Waals surface area contributed by atoms with Crippen LogP contribution in [-0.2, 0) is 28.2 Å². The molecule has 3 rings (SSSR count). The number of nitrogens with one attached hydrogen (secondary N) is 2. The predicted octanol–water partition coefficient (Wildman–Crippen LogP) is 1.94. The number of esters is 1. The van der Waals surface area contributed by atoms with Crippen molar-refractivity contribution in [3.63, 3.8) is 0 Å². The third kappa shape index (κ3) is 7.96. The molecule has 2 N–H and O–H groups in total. The molecule has 2 aliphatic rings. The molecule has 2 aliphatic heterocycles. The molecule has 2 saturated heterocycles. The van der Waals surface area contributed by atoms with Crippen molar-refractivity contribution in [3.8, 4) is 0 Å². The van der Waals surface area contributed by atoms with Gasteiger partial charge in [-0.3, -0.25) is 9.59 Å². The summed E-state index contributed by atoms with van der Waals surface area (Å²) in [5.41, 5.74) is 0.242. The zero-order chi connectivity index (χ0) is 27.2. The van der Waals surface area contributed by atoms with Crippen molar-refractivity contribution in [1.82, 2.24) is 15.6 Å². The molecule has 2 atom stereocenters. The molecule has 11 nitrogen and oxygen atoms in total. The van der Waals surface area contributed by atoms with E-state index in [1.54, 1.807) is 5.38 Å². The molecule has 0 aromatic carbocycles. The van der Waals surface area contributed by atoms with Crippen LogP contribution in [0.15, 0.2) is 5.38 Å². The fourth-order valence-electron chi connectivity index (χ4n) is 3.71. The van der Waals surface area contributed by atoms with Gasteiger partial charge in [-0.05, 0) is 31.0 Å². The van der Waals surface area contributed by atoms with E-state index in [1.165, 1.54) is 18.4 Å². The second kappa shape index (κ2) is 12.7. The molecule has 208 valence electrons. The van der Waals surface area contributed by atoms with Crippen LogP contribution < -0.4 is 15.5 Å². The molecule has 3 heterocycles. The van der Waals surface area contributed by atoms with Crippen molar-refractivity contribution in [2.45, 2.75) is 69.9 Å². The number of carbonyl (C=O) groups excluding carboxylic acids is 3. The Morgan fingerprint density at radius 3 is 2.54 bits per heavy atom. The van der Waals surface area contributed by atoms with Crippen LogP contribution in [0.5, 0.6) is 0 Å². The number of methoxy groups -OCH3 is 1. The summed E-state index contributed by atoms with van der Waals surface area (Å²) in [5.74, 6) is -1.14. The highest BCUT2D eigenvalue weighted by molar-refractivity contribution is 7.13. The van der Waals surface area contributed by atoms with Gasteiger partial charge in [-0.1, -0.05) is 20.8 Å². The number of aromatic nitrogens is 1. The summed E-state index contributed by atoms with van der Waals surface area (Å²) in [7, 11) is -0.832. The van der Waals surface area contributed by atoms with Gasteiger partial charge in [0, 0.05) is 24.5 Å². The zero-order valence-corrected chi connectivity index (χ0v) is 24.4. The Hall–Kier alpha value is -2.06. The maximum absolute atomic E-state index is 12.9. The molecule has 0 radical (unpaired) electrons. The van der Waals surface area contributed by atoms with Crippen LogP contribution in [0.1, 0.15) is 44.1 Å². The molecule has 1 aromatic rings. The zero-order valence-electron chi connectivity index (χ0n) is 22.6. The second-order valence-corrected chi connectivity index (χ2v) is 16.5. The fraction of sp³-hybridized carbons (Fsp3) is 0.750. The van der Waals surface area contributed by atoms with Crippen LogP contribution >= 0.6 is 11.3 Å². The van der Waals surface area contributed by atoms with Crippen LogP contribution in [0.2, 0.25) is 18.1 Å². The maximum Gasteiger partial charge on any atom is 0.330 e. The van der Waals surface area contributed by atoms with E-state index in [9.17, 15) is 14.4 Å². The van der Waals surface area contributed by atoms with Crippen LogP contribution in [0.4, 0.5) is 5.13 Å². The largest absolute Gasteiger partial charge is 0.467 e. The number of nitrogens with zero attached hydrogens (tertiary/aromatic N) is 2. The van der Waals surface area contributed by atoms with Crippen molar-refractivity contribution in [2.75, 3.05) is 51.5 Å². The lowest BCUT2D eigenvalue weighted by Gasteiger charge is -2.37. The molecule has 0 saturated carbocycles. The molecule has 13 heteroatoms. The van der Waals surface area contributed by atoms with Crippen molar-refractivity contribution in [1.29, 1.82) is 0 Å². The van der Waals surface area contributed by atoms with E-state index < -0.39 is 32.3 Å². The molecular formula is C24H40N4O7SSi. The van der Waals surface area contributed by atoms with Crippen molar-refractivity contribution >= 4 is 42.6 Å². The van der Waals surface area contributed by atoms with Gasteiger partial charge in [0.1, 0.15) is 11.7 Å². The van der Waals surface area contributed by atoms with E-state index in [2.05, 4.69) is 54.4 Å². The summed E-state index contributed by atoms with van der Waals surface area (Å²) in [4.78, 5) is 44.2. The first kappa shape index (κ1) is 29.5. The summed E-state index contributed by atoms with van der Waals surface area (Å²) in [6, 6.07) is -0.867. The van der Waals surface area contributed by atoms with Crippen molar-refractivity contribution in [3.05, 3.63) is 11.1 Å². The SMILES string of the molecule is COC(=O)[C@H](CO[Si](C)(C)C(C)(C)C)NC(=O)c1csc(N2CCC(NC(=O)[C@@H]3COCCO3)CC2)n1. The first-order valence-electron chi connectivity index (χ1n) is 12.6. The van der Waals surface area contributed by atoms with Gasteiger partial charge in [-0.25, -0.2) is 9.78 Å². The van der Waals surface area contributed by atoms with E-state index in [4.69, 9.17) is 18.6 Å². The summed E-state index contributed by atoms with van der Waals surface area (Å²) >= 11 is 1.37. The number of hydrogen-bond acceptors (Lipinski definition) is 10. The average molecular weight is 557 g/mol. The van der Waals surface area contributed by atoms with E-state index in [0.29, 0.717) is 26.3 Å². The molecule has 0 unspecified atom stereocenters. The maximum atomic E-state index is 12.9. The molecule has 1 aromatic heterocycles. The average Bonchev–Trinajstić information content (AvgIpc) is 3.37. The minimum atomic E-state index is -2.12. The summed E-state index contributed by atoms with van der Waals surface area (Å²) in [6.07, 6.45) is 0.971. The van der Waals surface area contributed by atoms with Gasteiger partial charge in [0.05, 0.1) is 33.5 Å². The third-order valence-corrected chi connectivity index (χ3v) is 12.6. The quantitative estimate of drug-likeness (QED) is 0.346. The lowest BCUT2D eigenvalue weighted by Crippen LogP contribution is -2.50. The summed E-state index contributed by atoms with van der Waals surface area (Å²) in [6.45, 7) is 13.2. The van der Waals surface area contributed by atoms with Crippen LogP contribution in [0, 0.1) is 0 Å². The monoisotopic (exact) mass is 556 g/mol. The van der Waals surface area contributed by atoms with Gasteiger partial charge in [-0.2, -0.15) is 0 Å². The predicted molar refractivity (Wildman–Crippen MR) is 142 cm³/mol. The third-order valence-electron chi connectivity index (χ3n) is 7.15. The standard InChI is InChI=1S/C24H40N4O7SSi/c1-24(2,3)37(5,6)35-13-17(22(31)32-4)26-20(29)18-15-36-23(27-18)28-9-7-16(8-10-28)25-21(30)19-14-33-11-12-34-19/h15-17,19H,7-14H2,1-6H3,(H,25,30)(H,26,29)/t17-,19-/m0/s1. The number of amides is 2. The number of ether oxygens (including phenoxy) is 3. The van der Waals surface area contributed by atoms with E-state index in [1.807, 2.05) is 0 Å². The Morgan fingerprint density at radius 1 is 1.24 bits per heavy atom. The molecule has 0 bridgehead atoms. The number of rotatable bonds is 9. The lowest BCUT2D eigenvalue weighted by molar-refractivity contribution is -0.148. The first-order chi connectivity index (χ1) is 17.4. The summed E-state index contributed by atoms with van der Waals surface area (Å²) < 4.78 is 21.8. The van der Waals surface area contributed by atoms with Crippen LogP contribution in [0.3, 0.4) is 0 Å². The molecule has 2 amide bonds. The molecule has 2 fully saturated rings. The second-order valence-electron chi connectivity index (χ2n) is 10.8. The van der Waals surface area contributed by atoms with E-state index in [0.717, 1.165) is 18.0 Å². The van der Waals surface area contributed by atoms with Gasteiger partial charge < -0.3 is 34.2 Å². The Bertz CT molecular complexity index is 938. The first-order valence-corrected chi connectivity index (χ1v) is 16.4. The highest BCUT2D eigenvalue weighted by atomic mass is 32.1. The molecule has 37 heavy (non-hydrogen) atoms. The van der Waals surface area contributed by atoms with Gasteiger partial charge in [0.15, 0.2) is 19.6 Å². The Morgan fingerprint density at radius 2 is 1.95 bits per heavy atom. The van der Waals surface area contributed by atoms with Gasteiger partial charge in [0.2, 0.25) is 0 Å². The Labute approximate surface area is 223 Å².